The largest absolute Gasteiger partial charge is 0.357 e. The molecule has 0 atom stereocenters. The number of rotatable bonds is 8. The number of aryl methyl sites for hydroxylation is 1. The van der Waals surface area contributed by atoms with Crippen LogP contribution in [0.3, 0.4) is 0 Å². The van der Waals surface area contributed by atoms with Crippen molar-refractivity contribution in [2.75, 3.05) is 25.1 Å². The molecule has 4 heteroatoms. The highest BCUT2D eigenvalue weighted by Crippen LogP contribution is 2.07. The molecule has 0 aliphatic heterocycles. The monoisotopic (exact) mass is 293 g/mol. The zero-order chi connectivity index (χ0) is 14.6. The Morgan fingerprint density at radius 3 is 2.70 bits per heavy atom. The van der Waals surface area contributed by atoms with Gasteiger partial charge in [0.15, 0.2) is 5.96 Å². The van der Waals surface area contributed by atoms with Crippen molar-refractivity contribution in [3.63, 3.8) is 0 Å². The smallest absolute Gasteiger partial charge is 0.191 e. The highest BCUT2D eigenvalue weighted by atomic mass is 32.2. The van der Waals surface area contributed by atoms with Gasteiger partial charge in [0.25, 0.3) is 0 Å². The Morgan fingerprint density at radius 2 is 2.00 bits per heavy atom. The molecular weight excluding hydrogens is 266 g/mol. The van der Waals surface area contributed by atoms with Crippen LogP contribution in [0.1, 0.15) is 30.9 Å². The van der Waals surface area contributed by atoms with Crippen LogP contribution in [0.5, 0.6) is 0 Å². The molecule has 1 aromatic rings. The molecule has 112 valence electrons. The van der Waals surface area contributed by atoms with E-state index in [4.69, 9.17) is 0 Å². The van der Waals surface area contributed by atoms with Crippen molar-refractivity contribution in [2.45, 2.75) is 33.2 Å². The minimum Gasteiger partial charge on any atom is -0.357 e. The fourth-order valence-corrected chi connectivity index (χ4v) is 2.36. The van der Waals surface area contributed by atoms with Gasteiger partial charge in [-0.2, -0.15) is 11.8 Å². The van der Waals surface area contributed by atoms with E-state index < -0.39 is 0 Å². The Morgan fingerprint density at radius 1 is 1.20 bits per heavy atom. The molecule has 20 heavy (non-hydrogen) atoms. The molecule has 0 saturated carbocycles. The zero-order valence-corrected chi connectivity index (χ0v) is 13.7. The Kier molecular flexibility index (Phi) is 8.96. The summed E-state index contributed by atoms with van der Waals surface area (Å²) in [5.74, 6) is 2.15. The zero-order valence-electron chi connectivity index (χ0n) is 12.9. The van der Waals surface area contributed by atoms with E-state index in [-0.39, 0.29) is 0 Å². The first-order valence-electron chi connectivity index (χ1n) is 7.33. The van der Waals surface area contributed by atoms with Gasteiger partial charge in [-0.25, -0.2) is 4.99 Å². The van der Waals surface area contributed by atoms with Gasteiger partial charge in [-0.15, -0.1) is 0 Å². The number of unbranched alkanes of at least 4 members (excludes halogenated alkanes) is 1. The maximum absolute atomic E-state index is 4.65. The number of nitrogens with one attached hydrogen (secondary N) is 2. The minimum atomic E-state index is 0.729. The summed E-state index contributed by atoms with van der Waals surface area (Å²) in [5.41, 5.74) is 2.58. The second-order valence-corrected chi connectivity index (χ2v) is 5.73. The summed E-state index contributed by atoms with van der Waals surface area (Å²) in [6, 6.07) is 8.41. The van der Waals surface area contributed by atoms with E-state index in [1.54, 1.807) is 0 Å². The third-order valence-electron chi connectivity index (χ3n) is 3.08. The summed E-state index contributed by atoms with van der Waals surface area (Å²) in [7, 11) is 0. The van der Waals surface area contributed by atoms with Crippen molar-refractivity contribution >= 4 is 17.7 Å². The summed E-state index contributed by atoms with van der Waals surface area (Å²) in [6.45, 7) is 6.84. The van der Waals surface area contributed by atoms with Crippen LogP contribution in [-0.2, 0) is 6.54 Å². The molecule has 0 heterocycles. The molecule has 0 bridgehead atoms. The fraction of sp³-hybridized carbons (Fsp3) is 0.562. The maximum atomic E-state index is 4.65. The standard InChI is InChI=1S/C16H27N3S/c1-4-17-16(18-11-7-8-12-20-3)19-13-15-10-6-5-9-14(15)2/h5-6,9-10H,4,7-8,11-13H2,1-3H3,(H2,17,18,19). The van der Waals surface area contributed by atoms with E-state index in [2.05, 4.69) is 60.0 Å². The second kappa shape index (κ2) is 10.6. The van der Waals surface area contributed by atoms with Gasteiger partial charge in [0.1, 0.15) is 0 Å². The molecule has 0 aliphatic rings. The van der Waals surface area contributed by atoms with Gasteiger partial charge in [-0.1, -0.05) is 24.3 Å². The van der Waals surface area contributed by atoms with Crippen molar-refractivity contribution in [3.05, 3.63) is 35.4 Å². The van der Waals surface area contributed by atoms with Crippen LogP contribution in [0, 0.1) is 6.92 Å². The molecule has 0 aromatic heterocycles. The number of nitrogens with zero attached hydrogens (tertiary/aromatic N) is 1. The lowest BCUT2D eigenvalue weighted by atomic mass is 10.1. The predicted octanol–water partition coefficient (Wildman–Crippen LogP) is 3.19. The molecule has 3 nitrogen and oxygen atoms in total. The molecular formula is C16H27N3S. The fourth-order valence-electron chi connectivity index (χ4n) is 1.87. The normalized spacial score (nSPS) is 11.4. The van der Waals surface area contributed by atoms with Crippen LogP contribution < -0.4 is 10.6 Å². The first-order chi connectivity index (χ1) is 9.77. The Hall–Kier alpha value is -1.16. The van der Waals surface area contributed by atoms with E-state index >= 15 is 0 Å². The molecule has 0 amide bonds. The van der Waals surface area contributed by atoms with Gasteiger partial charge in [0, 0.05) is 13.1 Å². The predicted molar refractivity (Wildman–Crippen MR) is 91.6 cm³/mol. The minimum absolute atomic E-state index is 0.729. The van der Waals surface area contributed by atoms with Crippen molar-refractivity contribution in [2.24, 2.45) is 4.99 Å². The molecule has 0 aliphatic carbocycles. The highest BCUT2D eigenvalue weighted by Gasteiger charge is 1.99. The van der Waals surface area contributed by atoms with E-state index in [1.165, 1.54) is 29.7 Å². The Bertz CT molecular complexity index is 404. The summed E-state index contributed by atoms with van der Waals surface area (Å²) in [5, 5.41) is 6.70. The quantitative estimate of drug-likeness (QED) is 0.439. The lowest BCUT2D eigenvalue weighted by Crippen LogP contribution is -2.37. The SMILES string of the molecule is CCNC(=NCc1ccccc1C)NCCCCSC. The summed E-state index contributed by atoms with van der Waals surface area (Å²) >= 11 is 1.91. The van der Waals surface area contributed by atoms with Crippen LogP contribution >= 0.6 is 11.8 Å². The van der Waals surface area contributed by atoms with Gasteiger partial charge in [-0.3, -0.25) is 0 Å². The molecule has 1 aromatic carbocycles. The number of aliphatic imine (C=N–C) groups is 1. The number of hydrogen-bond donors (Lipinski definition) is 2. The topological polar surface area (TPSA) is 36.4 Å². The number of benzene rings is 1. The third kappa shape index (κ3) is 6.85. The van der Waals surface area contributed by atoms with Gasteiger partial charge >= 0.3 is 0 Å². The van der Waals surface area contributed by atoms with Crippen LogP contribution in [0.4, 0.5) is 0 Å². The first-order valence-corrected chi connectivity index (χ1v) is 8.73. The lowest BCUT2D eigenvalue weighted by Gasteiger charge is -2.11. The van der Waals surface area contributed by atoms with Crippen molar-refractivity contribution in [3.8, 4) is 0 Å². The number of hydrogen-bond acceptors (Lipinski definition) is 2. The van der Waals surface area contributed by atoms with Crippen molar-refractivity contribution < 1.29 is 0 Å². The Balaban J connectivity index is 2.44. The van der Waals surface area contributed by atoms with Crippen LogP contribution in [0.15, 0.2) is 29.3 Å². The van der Waals surface area contributed by atoms with E-state index in [9.17, 15) is 0 Å². The van der Waals surface area contributed by atoms with E-state index in [0.717, 1.165) is 25.6 Å². The molecule has 0 radical (unpaired) electrons. The van der Waals surface area contributed by atoms with Gasteiger partial charge in [0.2, 0.25) is 0 Å². The second-order valence-electron chi connectivity index (χ2n) is 4.75. The summed E-state index contributed by atoms with van der Waals surface area (Å²) < 4.78 is 0. The van der Waals surface area contributed by atoms with E-state index in [0.29, 0.717) is 0 Å². The summed E-state index contributed by atoms with van der Waals surface area (Å²) in [6.07, 6.45) is 4.60. The van der Waals surface area contributed by atoms with E-state index in [1.807, 2.05) is 11.8 Å². The van der Waals surface area contributed by atoms with Gasteiger partial charge in [-0.05, 0) is 49.8 Å². The Labute approximate surface area is 127 Å². The molecule has 0 spiro atoms. The number of thioether (sulfide) groups is 1. The molecule has 0 saturated heterocycles. The molecule has 2 N–H and O–H groups in total. The molecule has 0 unspecified atom stereocenters. The maximum Gasteiger partial charge on any atom is 0.191 e. The molecule has 1 rings (SSSR count). The van der Waals surface area contributed by atoms with Gasteiger partial charge in [0.05, 0.1) is 6.54 Å². The average molecular weight is 293 g/mol. The molecule has 0 fully saturated rings. The van der Waals surface area contributed by atoms with Crippen LogP contribution in [0.2, 0.25) is 0 Å². The summed E-state index contributed by atoms with van der Waals surface area (Å²) in [4.78, 5) is 4.65. The first kappa shape index (κ1) is 16.9. The highest BCUT2D eigenvalue weighted by molar-refractivity contribution is 7.98. The average Bonchev–Trinajstić information content (AvgIpc) is 2.46. The van der Waals surface area contributed by atoms with Crippen LogP contribution in [0.25, 0.3) is 0 Å². The third-order valence-corrected chi connectivity index (χ3v) is 3.78. The van der Waals surface area contributed by atoms with Crippen molar-refractivity contribution in [1.29, 1.82) is 0 Å². The number of guanidine groups is 1. The lowest BCUT2D eigenvalue weighted by molar-refractivity contribution is 0.734. The van der Waals surface area contributed by atoms with Gasteiger partial charge < -0.3 is 10.6 Å². The van der Waals surface area contributed by atoms with Crippen molar-refractivity contribution in [1.82, 2.24) is 10.6 Å². The van der Waals surface area contributed by atoms with Crippen LogP contribution in [-0.4, -0.2) is 31.1 Å².